The van der Waals surface area contributed by atoms with Gasteiger partial charge in [-0.3, -0.25) is 19.4 Å². The molecule has 2 heterocycles. The number of carbonyl (C=O) groups excluding carboxylic acids is 3. The average Bonchev–Trinajstić information content (AvgIpc) is 2.77. The van der Waals surface area contributed by atoms with Crippen LogP contribution in [0, 0.1) is 0 Å². The Hall–Kier alpha value is -3.42. The molecule has 0 spiro atoms. The zero-order valence-electron chi connectivity index (χ0n) is 15.6. The zero-order chi connectivity index (χ0) is 19.9. The Balaban J connectivity index is 1.46. The number of rotatable bonds is 6. The summed E-state index contributed by atoms with van der Waals surface area (Å²) in [4.78, 5) is 44.0. The summed E-state index contributed by atoms with van der Waals surface area (Å²) in [5.74, 6) is -0.917. The summed E-state index contributed by atoms with van der Waals surface area (Å²) in [7, 11) is 1.63. The Morgan fingerprint density at radius 1 is 1.07 bits per heavy atom. The van der Waals surface area contributed by atoms with Gasteiger partial charge in [0.25, 0.3) is 11.7 Å². The Morgan fingerprint density at radius 2 is 1.79 bits per heavy atom. The number of anilines is 1. The molecule has 0 bridgehead atoms. The molecule has 1 N–H and O–H groups in total. The lowest BCUT2D eigenvalue weighted by Crippen LogP contribution is -2.51. The van der Waals surface area contributed by atoms with Crippen molar-refractivity contribution in [3.63, 3.8) is 0 Å². The van der Waals surface area contributed by atoms with Gasteiger partial charge in [-0.1, -0.05) is 0 Å². The van der Waals surface area contributed by atoms with Gasteiger partial charge in [0.1, 0.15) is 5.75 Å². The first-order chi connectivity index (χ1) is 13.6. The molecule has 28 heavy (non-hydrogen) atoms. The van der Waals surface area contributed by atoms with Crippen LogP contribution in [0.25, 0.3) is 0 Å². The minimum atomic E-state index is -0.807. The summed E-state index contributed by atoms with van der Waals surface area (Å²) >= 11 is 0. The molecule has 1 aromatic heterocycles. The predicted molar refractivity (Wildman–Crippen MR) is 103 cm³/mol. The number of Topliss-reactive ketones (excluding diaryl/α,β-unsaturated/α-hetero) is 1. The maximum atomic E-state index is 12.3. The number of hydrogen-bond acceptors (Lipinski definition) is 6. The van der Waals surface area contributed by atoms with Crippen LogP contribution in [0.3, 0.4) is 0 Å². The van der Waals surface area contributed by atoms with Crippen molar-refractivity contribution in [1.29, 1.82) is 0 Å². The van der Waals surface area contributed by atoms with Crippen molar-refractivity contribution in [3.05, 3.63) is 54.4 Å². The molecule has 1 saturated heterocycles. The number of amides is 2. The van der Waals surface area contributed by atoms with Crippen LogP contribution in [0.4, 0.5) is 5.69 Å². The average molecular weight is 382 g/mol. The van der Waals surface area contributed by atoms with E-state index in [-0.39, 0.29) is 18.0 Å². The monoisotopic (exact) mass is 382 g/mol. The fourth-order valence-electron chi connectivity index (χ4n) is 2.98. The molecule has 2 aromatic rings. The second-order valence-corrected chi connectivity index (χ2v) is 6.32. The number of benzene rings is 1. The largest absolute Gasteiger partial charge is 0.497 e. The van der Waals surface area contributed by atoms with Gasteiger partial charge < -0.3 is 19.9 Å². The Morgan fingerprint density at radius 3 is 2.39 bits per heavy atom. The number of hydrogen-bond donors (Lipinski definition) is 1. The number of ether oxygens (including phenoxy) is 1. The maximum absolute atomic E-state index is 12.3. The van der Waals surface area contributed by atoms with E-state index in [0.29, 0.717) is 26.2 Å². The smallest absolute Gasteiger partial charge is 0.292 e. The van der Waals surface area contributed by atoms with E-state index in [1.54, 1.807) is 18.1 Å². The third-order valence-electron chi connectivity index (χ3n) is 4.60. The lowest BCUT2D eigenvalue weighted by atomic mass is 10.2. The molecule has 0 unspecified atom stereocenters. The number of methoxy groups -OCH3 is 1. The van der Waals surface area contributed by atoms with E-state index in [1.165, 1.54) is 18.5 Å². The standard InChI is InChI=1S/C20H22N4O4/c1-28-17-6-4-16(5-7-17)23-9-11-24(12-10-23)18(25)14-22-20(27)19(26)15-3-2-8-21-13-15/h2-8,13H,9-12,14H2,1H3,(H,22,27). The van der Waals surface area contributed by atoms with Gasteiger partial charge in [0.05, 0.1) is 13.7 Å². The molecule has 1 aromatic carbocycles. The summed E-state index contributed by atoms with van der Waals surface area (Å²) in [5.41, 5.74) is 1.27. The van der Waals surface area contributed by atoms with Gasteiger partial charge >= 0.3 is 0 Å². The minimum absolute atomic E-state index is 0.195. The number of aromatic nitrogens is 1. The summed E-state index contributed by atoms with van der Waals surface area (Å²) < 4.78 is 5.16. The first-order valence-corrected chi connectivity index (χ1v) is 8.98. The Bertz CT molecular complexity index is 831. The number of ketones is 1. The van der Waals surface area contributed by atoms with Gasteiger partial charge in [0.15, 0.2) is 0 Å². The highest BCUT2D eigenvalue weighted by atomic mass is 16.5. The van der Waals surface area contributed by atoms with Gasteiger partial charge in [0.2, 0.25) is 5.91 Å². The van der Waals surface area contributed by atoms with Crippen LogP contribution < -0.4 is 15.0 Å². The molecule has 1 fully saturated rings. The summed E-state index contributed by atoms with van der Waals surface area (Å²) in [5, 5.41) is 2.40. The molecule has 1 aliphatic heterocycles. The molecular weight excluding hydrogens is 360 g/mol. The number of nitrogens with zero attached hydrogens (tertiary/aromatic N) is 3. The van der Waals surface area contributed by atoms with Crippen LogP contribution in [0.15, 0.2) is 48.8 Å². The van der Waals surface area contributed by atoms with Crippen molar-refractivity contribution in [2.75, 3.05) is 44.7 Å². The molecule has 0 radical (unpaired) electrons. The number of piperazine rings is 1. The van der Waals surface area contributed by atoms with E-state index in [9.17, 15) is 14.4 Å². The van der Waals surface area contributed by atoms with Crippen molar-refractivity contribution >= 4 is 23.3 Å². The molecule has 8 nitrogen and oxygen atoms in total. The molecule has 0 saturated carbocycles. The molecule has 3 rings (SSSR count). The van der Waals surface area contributed by atoms with E-state index in [4.69, 9.17) is 4.74 Å². The third-order valence-corrected chi connectivity index (χ3v) is 4.60. The first-order valence-electron chi connectivity index (χ1n) is 8.98. The highest BCUT2D eigenvalue weighted by molar-refractivity contribution is 6.42. The van der Waals surface area contributed by atoms with Gasteiger partial charge in [-0.05, 0) is 36.4 Å². The van der Waals surface area contributed by atoms with Crippen molar-refractivity contribution < 1.29 is 19.1 Å². The van der Waals surface area contributed by atoms with Crippen LogP contribution in [0.2, 0.25) is 0 Å². The lowest BCUT2D eigenvalue weighted by molar-refractivity contribution is -0.132. The van der Waals surface area contributed by atoms with Crippen LogP contribution >= 0.6 is 0 Å². The van der Waals surface area contributed by atoms with E-state index >= 15 is 0 Å². The molecule has 8 heteroatoms. The van der Waals surface area contributed by atoms with E-state index in [1.807, 2.05) is 24.3 Å². The SMILES string of the molecule is COc1ccc(N2CCN(C(=O)CNC(=O)C(=O)c3cccnc3)CC2)cc1. The first kappa shape index (κ1) is 19.3. The molecule has 1 aliphatic rings. The highest BCUT2D eigenvalue weighted by Crippen LogP contribution is 2.20. The molecule has 2 amide bonds. The molecular formula is C20H22N4O4. The van der Waals surface area contributed by atoms with Crippen LogP contribution in [0.5, 0.6) is 5.75 Å². The number of nitrogens with one attached hydrogen (secondary N) is 1. The minimum Gasteiger partial charge on any atom is -0.497 e. The number of pyridine rings is 1. The quantitative estimate of drug-likeness (QED) is 0.585. The Kier molecular flexibility index (Phi) is 6.21. The second-order valence-electron chi connectivity index (χ2n) is 6.32. The summed E-state index contributed by atoms with van der Waals surface area (Å²) in [6.45, 7) is 2.29. The normalized spacial score (nSPS) is 13.8. The van der Waals surface area contributed by atoms with Crippen LogP contribution in [-0.4, -0.2) is 67.3 Å². The molecule has 0 atom stereocenters. The highest BCUT2D eigenvalue weighted by Gasteiger charge is 2.23. The topological polar surface area (TPSA) is 91.8 Å². The second kappa shape index (κ2) is 8.98. The van der Waals surface area contributed by atoms with E-state index < -0.39 is 11.7 Å². The van der Waals surface area contributed by atoms with Crippen molar-refractivity contribution in [2.45, 2.75) is 0 Å². The van der Waals surface area contributed by atoms with E-state index in [2.05, 4.69) is 15.2 Å². The molecule has 146 valence electrons. The zero-order valence-corrected chi connectivity index (χ0v) is 15.6. The summed E-state index contributed by atoms with van der Waals surface area (Å²) in [6, 6.07) is 10.9. The molecule has 0 aliphatic carbocycles. The third kappa shape index (κ3) is 4.64. The van der Waals surface area contributed by atoms with Gasteiger partial charge in [0, 0.05) is 49.8 Å². The van der Waals surface area contributed by atoms with Crippen LogP contribution in [0.1, 0.15) is 10.4 Å². The van der Waals surface area contributed by atoms with Crippen molar-refractivity contribution in [1.82, 2.24) is 15.2 Å². The van der Waals surface area contributed by atoms with Gasteiger partial charge in [-0.2, -0.15) is 0 Å². The summed E-state index contributed by atoms with van der Waals surface area (Å²) in [6.07, 6.45) is 2.84. The Labute approximate surface area is 163 Å². The van der Waals surface area contributed by atoms with Crippen LogP contribution in [-0.2, 0) is 9.59 Å². The predicted octanol–water partition coefficient (Wildman–Crippen LogP) is 0.738. The van der Waals surface area contributed by atoms with Crippen molar-refractivity contribution in [3.8, 4) is 5.75 Å². The van der Waals surface area contributed by atoms with Gasteiger partial charge in [-0.25, -0.2) is 0 Å². The number of carbonyl (C=O) groups is 3. The lowest BCUT2D eigenvalue weighted by Gasteiger charge is -2.36. The fraction of sp³-hybridized carbons (Fsp3) is 0.300. The maximum Gasteiger partial charge on any atom is 0.292 e. The van der Waals surface area contributed by atoms with Gasteiger partial charge in [-0.15, -0.1) is 0 Å². The van der Waals surface area contributed by atoms with Crippen molar-refractivity contribution in [2.24, 2.45) is 0 Å². The van der Waals surface area contributed by atoms with E-state index in [0.717, 1.165) is 11.4 Å². The fourth-order valence-corrected chi connectivity index (χ4v) is 2.98.